The molecule has 0 saturated carbocycles. The molecule has 0 bridgehead atoms. The van der Waals surface area contributed by atoms with E-state index < -0.39 is 0 Å². The summed E-state index contributed by atoms with van der Waals surface area (Å²) in [4.78, 5) is 1.76. The van der Waals surface area contributed by atoms with Gasteiger partial charge >= 0.3 is 0 Å². The van der Waals surface area contributed by atoms with Crippen LogP contribution in [0.1, 0.15) is 9.75 Å². The van der Waals surface area contributed by atoms with Gasteiger partial charge < -0.3 is 0 Å². The minimum Gasteiger partial charge on any atom is -0.192 e. The topological polar surface area (TPSA) is 95.2 Å². The van der Waals surface area contributed by atoms with Crippen LogP contribution < -0.4 is 0 Å². The number of allylic oxidation sites excluding steroid dienone is 2. The third kappa shape index (κ3) is 2.40. The Labute approximate surface area is 179 Å². The second kappa shape index (κ2) is 6.70. The third-order valence-corrected chi connectivity index (χ3v) is 7.26. The van der Waals surface area contributed by atoms with Crippen LogP contribution in [0, 0.1) is 45.3 Å². The summed E-state index contributed by atoms with van der Waals surface area (Å²) in [5, 5.41) is 43.3. The largest absolute Gasteiger partial charge is 0.192 e. The molecular formula is C24H8N4S2. The van der Waals surface area contributed by atoms with Crippen LogP contribution in [-0.4, -0.2) is 0 Å². The van der Waals surface area contributed by atoms with E-state index in [2.05, 4.69) is 12.1 Å². The van der Waals surface area contributed by atoms with Crippen LogP contribution in [0.15, 0.2) is 47.5 Å². The number of benzene rings is 3. The predicted octanol–water partition coefficient (Wildman–Crippen LogP) is 6.72. The van der Waals surface area contributed by atoms with Crippen molar-refractivity contribution in [2.24, 2.45) is 0 Å². The van der Waals surface area contributed by atoms with E-state index in [4.69, 9.17) is 0 Å². The Morgan fingerprint density at radius 2 is 1.00 bits per heavy atom. The van der Waals surface area contributed by atoms with Gasteiger partial charge in [0.1, 0.15) is 35.4 Å². The molecule has 0 amide bonds. The molecule has 0 saturated heterocycles. The summed E-state index contributed by atoms with van der Waals surface area (Å²) >= 11 is 3.11. The van der Waals surface area contributed by atoms with E-state index in [1.807, 2.05) is 48.5 Å². The van der Waals surface area contributed by atoms with Crippen molar-refractivity contribution < 1.29 is 0 Å². The van der Waals surface area contributed by atoms with Gasteiger partial charge in [0.2, 0.25) is 0 Å². The number of hydrogen-bond donors (Lipinski definition) is 0. The number of thiophene rings is 2. The molecule has 0 N–H and O–H groups in total. The standard InChI is InChI=1S/C24H8N4S2/c25-9-13(10-26)7-19-23-15-3-1-5-17-21(15)24(20(29-17)8-14(11-27)12-28)16-4-2-6-18(30-19)22(16)23/h1-8H. The average Bonchev–Trinajstić information content (AvgIpc) is 3.33. The molecule has 0 aliphatic heterocycles. The molecule has 0 spiro atoms. The molecule has 0 radical (unpaired) electrons. The molecule has 3 aromatic carbocycles. The van der Waals surface area contributed by atoms with Crippen molar-refractivity contribution in [2.75, 3.05) is 0 Å². The Balaban J connectivity index is 2.05. The molecule has 0 aliphatic rings. The fraction of sp³-hybridized carbons (Fsp3) is 0. The first kappa shape index (κ1) is 17.9. The lowest BCUT2D eigenvalue weighted by Gasteiger charge is -2.07. The summed E-state index contributed by atoms with van der Waals surface area (Å²) in [7, 11) is 0. The Morgan fingerprint density at radius 1 is 0.600 bits per heavy atom. The monoisotopic (exact) mass is 416 g/mol. The molecule has 5 aromatic rings. The minimum absolute atomic E-state index is 0.0685. The smallest absolute Gasteiger partial charge is 0.131 e. The SMILES string of the molecule is N#CC(C#N)=Cc1sc2cccc3c4c(C=C(C#N)C#N)sc5cccc(c1c23)c54. The van der Waals surface area contributed by atoms with Gasteiger partial charge in [-0.3, -0.25) is 0 Å². The van der Waals surface area contributed by atoms with E-state index in [9.17, 15) is 21.0 Å². The van der Waals surface area contributed by atoms with Crippen molar-refractivity contribution in [3.05, 3.63) is 57.3 Å². The summed E-state index contributed by atoms with van der Waals surface area (Å²) in [6, 6.07) is 19.9. The van der Waals surface area contributed by atoms with Gasteiger partial charge in [-0.25, -0.2) is 0 Å². The molecule has 2 heterocycles. The van der Waals surface area contributed by atoms with E-state index in [1.54, 1.807) is 34.8 Å². The number of hydrogen-bond acceptors (Lipinski definition) is 6. The Morgan fingerprint density at radius 3 is 1.37 bits per heavy atom. The molecule has 0 unspecified atom stereocenters. The summed E-state index contributed by atoms with van der Waals surface area (Å²) in [6.07, 6.45) is 3.31. The lowest BCUT2D eigenvalue weighted by atomic mass is 9.94. The van der Waals surface area contributed by atoms with Crippen molar-refractivity contribution in [3.8, 4) is 24.3 Å². The minimum atomic E-state index is 0.0685. The van der Waals surface area contributed by atoms with Gasteiger partial charge in [0.15, 0.2) is 0 Å². The molecule has 6 heteroatoms. The van der Waals surface area contributed by atoms with Crippen LogP contribution in [0.5, 0.6) is 0 Å². The first-order valence-corrected chi connectivity index (χ1v) is 10.5. The fourth-order valence-corrected chi connectivity index (χ4v) is 6.31. The molecule has 4 nitrogen and oxygen atoms in total. The van der Waals surface area contributed by atoms with Crippen LogP contribution in [0.2, 0.25) is 0 Å². The summed E-state index contributed by atoms with van der Waals surface area (Å²) in [5.74, 6) is 0. The lowest BCUT2D eigenvalue weighted by Crippen LogP contribution is -1.82. The van der Waals surface area contributed by atoms with Crippen molar-refractivity contribution in [2.45, 2.75) is 0 Å². The lowest BCUT2D eigenvalue weighted by molar-refractivity contribution is 1.47. The zero-order valence-electron chi connectivity index (χ0n) is 15.2. The number of nitrogens with zero attached hydrogens (tertiary/aromatic N) is 4. The van der Waals surface area contributed by atoms with Crippen LogP contribution in [0.4, 0.5) is 0 Å². The van der Waals surface area contributed by atoms with Crippen LogP contribution in [-0.2, 0) is 0 Å². The van der Waals surface area contributed by atoms with Crippen molar-refractivity contribution in [1.82, 2.24) is 0 Å². The Kier molecular flexibility index (Phi) is 3.99. The Hall–Kier alpha value is -4.20. The predicted molar refractivity (Wildman–Crippen MR) is 122 cm³/mol. The molecule has 2 aromatic heterocycles. The molecule has 0 aliphatic carbocycles. The molecule has 0 atom stereocenters. The highest BCUT2D eigenvalue weighted by molar-refractivity contribution is 7.22. The van der Waals surface area contributed by atoms with Gasteiger partial charge in [-0.1, -0.05) is 24.3 Å². The fourth-order valence-electron chi connectivity index (χ4n) is 3.93. The van der Waals surface area contributed by atoms with Gasteiger partial charge in [0.05, 0.1) is 0 Å². The zero-order valence-corrected chi connectivity index (χ0v) is 16.9. The normalized spacial score (nSPS) is 10.5. The van der Waals surface area contributed by atoms with E-state index in [-0.39, 0.29) is 11.1 Å². The average molecular weight is 416 g/mol. The van der Waals surface area contributed by atoms with Crippen LogP contribution in [0.3, 0.4) is 0 Å². The summed E-state index contributed by atoms with van der Waals surface area (Å²) in [5.41, 5.74) is 0.137. The molecular weight excluding hydrogens is 408 g/mol. The molecule has 136 valence electrons. The summed E-state index contributed by atoms with van der Waals surface area (Å²) in [6.45, 7) is 0. The highest BCUT2D eigenvalue weighted by atomic mass is 32.1. The molecule has 30 heavy (non-hydrogen) atoms. The van der Waals surface area contributed by atoms with Gasteiger partial charge in [0, 0.05) is 40.7 Å². The first-order valence-electron chi connectivity index (χ1n) is 8.85. The maximum Gasteiger partial charge on any atom is 0.131 e. The van der Waals surface area contributed by atoms with Crippen molar-refractivity contribution in [1.29, 1.82) is 21.0 Å². The maximum absolute atomic E-state index is 9.25. The van der Waals surface area contributed by atoms with Crippen molar-refractivity contribution in [3.63, 3.8) is 0 Å². The number of nitriles is 4. The van der Waals surface area contributed by atoms with Gasteiger partial charge in [-0.05, 0) is 35.1 Å². The second-order valence-electron chi connectivity index (χ2n) is 6.60. The third-order valence-electron chi connectivity index (χ3n) is 5.06. The molecule has 5 rings (SSSR count). The number of fused-ring (bicyclic) bond motifs is 2. The van der Waals surface area contributed by atoms with Crippen molar-refractivity contribution >= 4 is 76.5 Å². The van der Waals surface area contributed by atoms with E-state index in [1.165, 1.54) is 0 Å². The van der Waals surface area contributed by atoms with E-state index >= 15 is 0 Å². The second-order valence-corrected chi connectivity index (χ2v) is 8.77. The molecule has 0 fully saturated rings. The van der Waals surface area contributed by atoms with Gasteiger partial charge in [-0.2, -0.15) is 21.0 Å². The van der Waals surface area contributed by atoms with E-state index in [0.29, 0.717) is 0 Å². The zero-order chi connectivity index (χ0) is 20.8. The van der Waals surface area contributed by atoms with Gasteiger partial charge in [-0.15, -0.1) is 22.7 Å². The van der Waals surface area contributed by atoms with Crippen LogP contribution >= 0.6 is 22.7 Å². The van der Waals surface area contributed by atoms with Gasteiger partial charge in [0.25, 0.3) is 0 Å². The van der Waals surface area contributed by atoms with Crippen LogP contribution in [0.25, 0.3) is 53.9 Å². The first-order chi connectivity index (χ1) is 14.7. The van der Waals surface area contributed by atoms with E-state index in [0.717, 1.165) is 51.5 Å². The quantitative estimate of drug-likeness (QED) is 0.236. The highest BCUT2D eigenvalue weighted by Gasteiger charge is 2.21. The highest BCUT2D eigenvalue weighted by Crippen LogP contribution is 2.49. The Bertz CT molecular complexity index is 1570. The maximum atomic E-state index is 9.25. The number of rotatable bonds is 2. The summed E-state index contributed by atoms with van der Waals surface area (Å²) < 4.78 is 2.13.